The second-order valence-electron chi connectivity index (χ2n) is 7.06. The first kappa shape index (κ1) is 18.9. The summed E-state index contributed by atoms with van der Waals surface area (Å²) in [5.74, 6) is -0.384. The van der Waals surface area contributed by atoms with Gasteiger partial charge in [-0.25, -0.2) is 5.43 Å². The Morgan fingerprint density at radius 3 is 2.55 bits per heavy atom. The Morgan fingerprint density at radius 1 is 1.07 bits per heavy atom. The van der Waals surface area contributed by atoms with Crippen LogP contribution in [-0.4, -0.2) is 36.9 Å². The number of benzene rings is 2. The van der Waals surface area contributed by atoms with Crippen molar-refractivity contribution in [3.63, 3.8) is 0 Å². The second kappa shape index (κ2) is 8.32. The van der Waals surface area contributed by atoms with Crippen molar-refractivity contribution in [2.45, 2.75) is 24.9 Å². The summed E-state index contributed by atoms with van der Waals surface area (Å²) in [5.41, 5.74) is 6.67. The molecule has 1 aliphatic heterocycles. The van der Waals surface area contributed by atoms with Gasteiger partial charge in [0.25, 0.3) is 11.8 Å². The third-order valence-electron chi connectivity index (χ3n) is 4.78. The smallest absolute Gasteiger partial charge is 0.265 e. The third kappa shape index (κ3) is 4.55. The largest absolute Gasteiger partial charge is 0.482 e. The number of rotatable bonds is 7. The summed E-state index contributed by atoms with van der Waals surface area (Å²) >= 11 is 0. The fraction of sp³-hybridized carbons (Fsp3) is 0.286. The summed E-state index contributed by atoms with van der Waals surface area (Å²) < 4.78 is 5.39. The molecule has 3 N–H and O–H groups in total. The standard InChI is InChI=1S/C21H22N4O4/c26-18(12-25-16-8-4-5-9-17(16)29-13-19(25)27)23-24-20(14-6-2-1-3-7-14)21(28)22-15-10-11-15/h1-9,15,20,24H,10-13H2,(H,22,28)(H,23,26)/t20-/m1/s1. The van der Waals surface area contributed by atoms with Gasteiger partial charge in [-0.1, -0.05) is 42.5 Å². The summed E-state index contributed by atoms with van der Waals surface area (Å²) in [7, 11) is 0. The van der Waals surface area contributed by atoms with Gasteiger partial charge in [0.2, 0.25) is 5.91 Å². The molecule has 2 aromatic carbocycles. The van der Waals surface area contributed by atoms with Crippen LogP contribution in [0.5, 0.6) is 5.75 Å². The second-order valence-corrected chi connectivity index (χ2v) is 7.06. The van der Waals surface area contributed by atoms with Crippen molar-refractivity contribution in [1.82, 2.24) is 16.2 Å². The molecule has 0 spiro atoms. The monoisotopic (exact) mass is 394 g/mol. The predicted molar refractivity (Wildman–Crippen MR) is 106 cm³/mol. The highest BCUT2D eigenvalue weighted by molar-refractivity contribution is 6.02. The van der Waals surface area contributed by atoms with E-state index in [2.05, 4.69) is 16.2 Å². The fourth-order valence-corrected chi connectivity index (χ4v) is 3.12. The Bertz CT molecular complexity index is 914. The first-order valence-electron chi connectivity index (χ1n) is 9.53. The number of amides is 3. The highest BCUT2D eigenvalue weighted by atomic mass is 16.5. The minimum atomic E-state index is -0.728. The number of para-hydroxylation sites is 2. The van der Waals surface area contributed by atoms with Crippen LogP contribution in [0, 0.1) is 0 Å². The molecular weight excluding hydrogens is 372 g/mol. The van der Waals surface area contributed by atoms with Crippen molar-refractivity contribution in [3.05, 3.63) is 60.2 Å². The topological polar surface area (TPSA) is 99.8 Å². The number of nitrogens with zero attached hydrogens (tertiary/aromatic N) is 1. The number of fused-ring (bicyclic) bond motifs is 1. The van der Waals surface area contributed by atoms with Crippen molar-refractivity contribution >= 4 is 23.4 Å². The predicted octanol–water partition coefficient (Wildman–Crippen LogP) is 1.05. The average molecular weight is 394 g/mol. The Labute approximate surface area is 168 Å². The Hall–Kier alpha value is -3.39. The molecule has 3 amide bonds. The van der Waals surface area contributed by atoms with Gasteiger partial charge in [-0.3, -0.25) is 24.7 Å². The van der Waals surface area contributed by atoms with Crippen LogP contribution < -0.4 is 25.8 Å². The summed E-state index contributed by atoms with van der Waals surface area (Å²) in [6, 6.07) is 15.7. The summed E-state index contributed by atoms with van der Waals surface area (Å²) in [5, 5.41) is 2.94. The fourth-order valence-electron chi connectivity index (χ4n) is 3.12. The molecule has 1 fully saturated rings. The van der Waals surface area contributed by atoms with E-state index in [0.717, 1.165) is 18.4 Å². The molecule has 1 saturated carbocycles. The maximum absolute atomic E-state index is 12.6. The Kier molecular flexibility index (Phi) is 5.44. The molecule has 0 unspecified atom stereocenters. The number of hydrogen-bond donors (Lipinski definition) is 3. The van der Waals surface area contributed by atoms with E-state index < -0.39 is 11.9 Å². The van der Waals surface area contributed by atoms with E-state index in [1.807, 2.05) is 30.3 Å². The number of nitrogens with one attached hydrogen (secondary N) is 3. The van der Waals surface area contributed by atoms with Gasteiger partial charge < -0.3 is 10.1 Å². The molecule has 0 radical (unpaired) electrons. The minimum Gasteiger partial charge on any atom is -0.482 e. The third-order valence-corrected chi connectivity index (χ3v) is 4.78. The van der Waals surface area contributed by atoms with Crippen LogP contribution in [0.25, 0.3) is 0 Å². The number of carbonyl (C=O) groups is 3. The molecule has 8 nitrogen and oxygen atoms in total. The van der Waals surface area contributed by atoms with E-state index in [9.17, 15) is 14.4 Å². The van der Waals surface area contributed by atoms with Gasteiger partial charge in [-0.2, -0.15) is 0 Å². The summed E-state index contributed by atoms with van der Waals surface area (Å²) in [6.45, 7) is -0.299. The molecule has 8 heteroatoms. The molecule has 1 heterocycles. The zero-order valence-electron chi connectivity index (χ0n) is 15.8. The maximum Gasteiger partial charge on any atom is 0.265 e. The average Bonchev–Trinajstić information content (AvgIpc) is 3.55. The Balaban J connectivity index is 1.41. The van der Waals surface area contributed by atoms with Crippen molar-refractivity contribution < 1.29 is 19.1 Å². The lowest BCUT2D eigenvalue weighted by molar-refractivity contribution is -0.127. The van der Waals surface area contributed by atoms with Gasteiger partial charge in [0.1, 0.15) is 18.3 Å². The van der Waals surface area contributed by atoms with Crippen LogP contribution in [0.2, 0.25) is 0 Å². The molecule has 0 bridgehead atoms. The van der Waals surface area contributed by atoms with E-state index in [4.69, 9.17) is 4.74 Å². The SMILES string of the molecule is O=C(CN1C(=O)COc2ccccc21)NN[C@@H](C(=O)NC1CC1)c1ccccc1. The zero-order valence-corrected chi connectivity index (χ0v) is 15.8. The zero-order chi connectivity index (χ0) is 20.2. The molecule has 1 aliphatic carbocycles. The normalized spacial score (nSPS) is 16.4. The molecule has 4 rings (SSSR count). The van der Waals surface area contributed by atoms with Gasteiger partial charge in [0, 0.05) is 6.04 Å². The highest BCUT2D eigenvalue weighted by Gasteiger charge is 2.30. The van der Waals surface area contributed by atoms with Gasteiger partial charge in [0.05, 0.1) is 5.69 Å². The molecule has 0 aromatic heterocycles. The van der Waals surface area contributed by atoms with Crippen LogP contribution in [0.1, 0.15) is 24.4 Å². The molecular formula is C21H22N4O4. The first-order valence-corrected chi connectivity index (χ1v) is 9.53. The molecule has 2 aromatic rings. The van der Waals surface area contributed by atoms with E-state index in [1.165, 1.54) is 4.90 Å². The van der Waals surface area contributed by atoms with Crippen LogP contribution >= 0.6 is 0 Å². The lowest BCUT2D eigenvalue weighted by Crippen LogP contribution is -2.51. The quantitative estimate of drug-likeness (QED) is 0.610. The summed E-state index contributed by atoms with van der Waals surface area (Å²) in [6.07, 6.45) is 1.94. The van der Waals surface area contributed by atoms with Gasteiger partial charge in [-0.15, -0.1) is 0 Å². The van der Waals surface area contributed by atoms with Crippen LogP contribution in [0.3, 0.4) is 0 Å². The number of ether oxygens (including phenoxy) is 1. The van der Waals surface area contributed by atoms with Crippen molar-refractivity contribution in [3.8, 4) is 5.75 Å². The first-order chi connectivity index (χ1) is 14.1. The maximum atomic E-state index is 12.6. The van der Waals surface area contributed by atoms with Crippen LogP contribution in [0.4, 0.5) is 5.69 Å². The number of hydrogen-bond acceptors (Lipinski definition) is 5. The van der Waals surface area contributed by atoms with E-state index in [1.54, 1.807) is 24.3 Å². The van der Waals surface area contributed by atoms with E-state index in [-0.39, 0.29) is 31.0 Å². The van der Waals surface area contributed by atoms with Crippen molar-refractivity contribution in [2.24, 2.45) is 0 Å². The lowest BCUT2D eigenvalue weighted by Gasteiger charge is -2.29. The van der Waals surface area contributed by atoms with Crippen molar-refractivity contribution in [1.29, 1.82) is 0 Å². The minimum absolute atomic E-state index is 0.117. The number of anilines is 1. The van der Waals surface area contributed by atoms with E-state index >= 15 is 0 Å². The molecule has 0 saturated heterocycles. The highest BCUT2D eigenvalue weighted by Crippen LogP contribution is 2.31. The molecule has 2 aliphatic rings. The van der Waals surface area contributed by atoms with Crippen LogP contribution in [0.15, 0.2) is 54.6 Å². The van der Waals surface area contributed by atoms with Gasteiger partial charge in [0.15, 0.2) is 6.61 Å². The molecule has 29 heavy (non-hydrogen) atoms. The van der Waals surface area contributed by atoms with Crippen LogP contribution in [-0.2, 0) is 14.4 Å². The lowest BCUT2D eigenvalue weighted by atomic mass is 10.1. The van der Waals surface area contributed by atoms with Gasteiger partial charge >= 0.3 is 0 Å². The van der Waals surface area contributed by atoms with Gasteiger partial charge in [-0.05, 0) is 30.5 Å². The van der Waals surface area contributed by atoms with E-state index in [0.29, 0.717) is 11.4 Å². The molecule has 1 atom stereocenters. The number of hydrazine groups is 1. The Morgan fingerprint density at radius 2 is 1.79 bits per heavy atom. The van der Waals surface area contributed by atoms with Crippen molar-refractivity contribution in [2.75, 3.05) is 18.1 Å². The molecule has 150 valence electrons. The summed E-state index contributed by atoms with van der Waals surface area (Å²) in [4.78, 5) is 38.7. The number of carbonyl (C=O) groups excluding carboxylic acids is 3.